The molecule has 82 heavy (non-hydrogen) atoms. The van der Waals surface area contributed by atoms with Crippen LogP contribution in [0.4, 0.5) is 0 Å². The number of nitrogens with one attached hydrogen (secondary N) is 1. The molecular weight excluding hydrogens is 1010 g/mol. The van der Waals surface area contributed by atoms with Gasteiger partial charge in [-0.15, -0.1) is 0 Å². The molecule has 0 saturated carbocycles. The van der Waals surface area contributed by atoms with E-state index in [0.29, 0.717) is 19.4 Å². The molecule has 0 radical (unpaired) electrons. The van der Waals surface area contributed by atoms with Crippen LogP contribution in [0.25, 0.3) is 0 Å². The number of unbranched alkanes of at least 4 members (excludes halogenated alkanes) is 58. The van der Waals surface area contributed by atoms with Crippen molar-refractivity contribution < 1.29 is 24.5 Å². The average molecular weight is 1160 g/mol. The summed E-state index contributed by atoms with van der Waals surface area (Å²) in [6.45, 7) is 4.95. The first-order valence-corrected chi connectivity index (χ1v) is 37.6. The van der Waals surface area contributed by atoms with Gasteiger partial charge in [-0.05, 0) is 57.8 Å². The Morgan fingerprint density at radius 1 is 0.329 bits per heavy atom. The van der Waals surface area contributed by atoms with Gasteiger partial charge in [0, 0.05) is 12.8 Å². The zero-order chi connectivity index (χ0) is 59.2. The molecule has 6 heteroatoms. The van der Waals surface area contributed by atoms with E-state index in [9.17, 15) is 19.8 Å². The monoisotopic (exact) mass is 1150 g/mol. The van der Waals surface area contributed by atoms with Crippen LogP contribution in [0.3, 0.4) is 0 Å². The first kappa shape index (κ1) is 80.3. The van der Waals surface area contributed by atoms with Gasteiger partial charge in [0.25, 0.3) is 0 Å². The van der Waals surface area contributed by atoms with Gasteiger partial charge in [-0.2, -0.15) is 0 Å². The third kappa shape index (κ3) is 67.5. The van der Waals surface area contributed by atoms with Crippen LogP contribution in [0.1, 0.15) is 425 Å². The van der Waals surface area contributed by atoms with Gasteiger partial charge in [-0.3, -0.25) is 9.59 Å². The highest BCUT2D eigenvalue weighted by molar-refractivity contribution is 5.76. The Morgan fingerprint density at radius 2 is 0.573 bits per heavy atom. The molecule has 2 atom stereocenters. The summed E-state index contributed by atoms with van der Waals surface area (Å²) in [6.07, 6.45) is 91.4. The second-order valence-electron chi connectivity index (χ2n) is 26.0. The third-order valence-corrected chi connectivity index (χ3v) is 17.7. The van der Waals surface area contributed by atoms with E-state index in [4.69, 9.17) is 4.74 Å². The SMILES string of the molecule is CCCCCCCCCCCCCCCCCCCCC/C=C/C(O)C(CO)NC(=O)CCCCCCCCCCCCCCCC/C=C\CCCCCCCCCCCCCCOC(=O)CCCCCCCCCCCCCCCC. The molecule has 0 rings (SSSR count). The number of hydrogen-bond donors (Lipinski definition) is 3. The lowest BCUT2D eigenvalue weighted by Gasteiger charge is -2.20. The van der Waals surface area contributed by atoms with E-state index >= 15 is 0 Å². The van der Waals surface area contributed by atoms with E-state index in [0.717, 1.165) is 38.5 Å². The number of aliphatic hydroxyl groups is 2. The number of carbonyl (C=O) groups is 2. The first-order chi connectivity index (χ1) is 40.5. The van der Waals surface area contributed by atoms with Gasteiger partial charge in [0.2, 0.25) is 5.91 Å². The zero-order valence-electron chi connectivity index (χ0n) is 55.8. The summed E-state index contributed by atoms with van der Waals surface area (Å²) < 4.78 is 5.50. The van der Waals surface area contributed by atoms with Gasteiger partial charge in [-0.25, -0.2) is 0 Å². The molecule has 0 aromatic carbocycles. The fraction of sp³-hybridized carbons (Fsp3) is 0.921. The minimum atomic E-state index is -0.844. The lowest BCUT2D eigenvalue weighted by atomic mass is 10.0. The molecule has 0 fully saturated rings. The minimum absolute atomic E-state index is 0.0199. The molecule has 6 nitrogen and oxygen atoms in total. The van der Waals surface area contributed by atoms with E-state index in [1.807, 2.05) is 6.08 Å². The van der Waals surface area contributed by atoms with Crippen molar-refractivity contribution >= 4 is 11.9 Å². The van der Waals surface area contributed by atoms with Crippen LogP contribution in [0.5, 0.6) is 0 Å². The second-order valence-corrected chi connectivity index (χ2v) is 26.0. The number of allylic oxidation sites excluding steroid dienone is 3. The van der Waals surface area contributed by atoms with Crippen molar-refractivity contribution in [3.8, 4) is 0 Å². The molecule has 1 amide bonds. The molecule has 0 aliphatic heterocycles. The summed E-state index contributed by atoms with van der Waals surface area (Å²) in [4.78, 5) is 24.6. The Labute approximate surface area is 513 Å². The number of ether oxygens (including phenoxy) is 1. The summed E-state index contributed by atoms with van der Waals surface area (Å²) in [5.74, 6) is -0.0420. The molecule has 3 N–H and O–H groups in total. The number of rotatable bonds is 71. The van der Waals surface area contributed by atoms with Crippen LogP contribution in [0.2, 0.25) is 0 Å². The van der Waals surface area contributed by atoms with Crippen molar-refractivity contribution in [2.24, 2.45) is 0 Å². The van der Waals surface area contributed by atoms with Gasteiger partial charge in [-0.1, -0.05) is 378 Å². The summed E-state index contributed by atoms with van der Waals surface area (Å²) in [5, 5.41) is 23.3. The number of carbonyl (C=O) groups excluding carboxylic acids is 2. The summed E-state index contributed by atoms with van der Waals surface area (Å²) in [5.41, 5.74) is 0. The Balaban J connectivity index is 3.38. The minimum Gasteiger partial charge on any atom is -0.466 e. The maximum absolute atomic E-state index is 12.5. The van der Waals surface area contributed by atoms with Crippen LogP contribution >= 0.6 is 0 Å². The van der Waals surface area contributed by atoms with Crippen LogP contribution in [0, 0.1) is 0 Å². The van der Waals surface area contributed by atoms with E-state index in [1.165, 1.54) is 360 Å². The summed E-state index contributed by atoms with van der Waals surface area (Å²) in [6, 6.07) is -0.627. The van der Waals surface area contributed by atoms with Gasteiger partial charge in [0.1, 0.15) is 0 Å². The lowest BCUT2D eigenvalue weighted by Crippen LogP contribution is -2.45. The lowest BCUT2D eigenvalue weighted by molar-refractivity contribution is -0.143. The first-order valence-electron chi connectivity index (χ1n) is 37.6. The highest BCUT2D eigenvalue weighted by Gasteiger charge is 2.18. The summed E-state index contributed by atoms with van der Waals surface area (Å²) in [7, 11) is 0. The van der Waals surface area contributed by atoms with Crippen LogP contribution in [-0.4, -0.2) is 47.4 Å². The van der Waals surface area contributed by atoms with Crippen molar-refractivity contribution in [1.29, 1.82) is 0 Å². The second kappa shape index (κ2) is 71.8. The Kier molecular flexibility index (Phi) is 70.4. The fourth-order valence-electron chi connectivity index (χ4n) is 12.0. The van der Waals surface area contributed by atoms with Crippen molar-refractivity contribution in [3.63, 3.8) is 0 Å². The van der Waals surface area contributed by atoms with Gasteiger partial charge >= 0.3 is 5.97 Å². The Morgan fingerprint density at radius 3 is 0.866 bits per heavy atom. The maximum Gasteiger partial charge on any atom is 0.305 e. The summed E-state index contributed by atoms with van der Waals surface area (Å²) >= 11 is 0. The predicted octanol–water partition coefficient (Wildman–Crippen LogP) is 24.5. The fourth-order valence-corrected chi connectivity index (χ4v) is 12.0. The molecule has 0 aliphatic carbocycles. The highest BCUT2D eigenvalue weighted by Crippen LogP contribution is 2.19. The Bertz CT molecular complexity index is 1280. The van der Waals surface area contributed by atoms with E-state index < -0.39 is 12.1 Å². The molecule has 0 saturated heterocycles. The average Bonchev–Trinajstić information content (AvgIpc) is 3.48. The molecule has 2 unspecified atom stereocenters. The van der Waals surface area contributed by atoms with Crippen molar-refractivity contribution in [2.45, 2.75) is 437 Å². The quantitative estimate of drug-likeness (QED) is 0.0320. The van der Waals surface area contributed by atoms with Crippen LogP contribution in [0.15, 0.2) is 24.3 Å². The van der Waals surface area contributed by atoms with E-state index in [-0.39, 0.29) is 18.5 Å². The maximum atomic E-state index is 12.5. The smallest absolute Gasteiger partial charge is 0.305 e. The van der Waals surface area contributed by atoms with Crippen molar-refractivity contribution in [1.82, 2.24) is 5.32 Å². The number of aliphatic hydroxyl groups excluding tert-OH is 2. The van der Waals surface area contributed by atoms with Crippen LogP contribution in [-0.2, 0) is 14.3 Å². The van der Waals surface area contributed by atoms with Gasteiger partial charge in [0.05, 0.1) is 25.4 Å². The highest BCUT2D eigenvalue weighted by atomic mass is 16.5. The van der Waals surface area contributed by atoms with Gasteiger partial charge < -0.3 is 20.3 Å². The van der Waals surface area contributed by atoms with Crippen LogP contribution < -0.4 is 5.32 Å². The molecule has 486 valence electrons. The number of esters is 1. The van der Waals surface area contributed by atoms with E-state index in [2.05, 4.69) is 31.3 Å². The largest absolute Gasteiger partial charge is 0.466 e. The van der Waals surface area contributed by atoms with Crippen molar-refractivity contribution in [2.75, 3.05) is 13.2 Å². The topological polar surface area (TPSA) is 95.9 Å². The molecule has 0 aromatic rings. The molecule has 0 aromatic heterocycles. The van der Waals surface area contributed by atoms with E-state index in [1.54, 1.807) is 6.08 Å². The normalized spacial score (nSPS) is 12.6. The standard InChI is InChI=1S/C76H147NO5/c1-3-5-7-9-11-13-15-17-19-20-21-32-35-38-41-44-48-52-56-60-64-68-74(79)73(72-78)77-75(80)69-65-61-57-53-49-45-42-39-36-33-30-28-26-24-22-23-25-27-29-31-34-37-40-43-47-51-55-59-63-67-71-82-76(81)70-66-62-58-54-50-46-18-16-14-12-10-8-6-4-2/h23,25,64,68,73-74,78-79H,3-22,24,26-63,65-67,69-72H2,1-2H3,(H,77,80)/b25-23-,68-64+. The number of hydrogen-bond acceptors (Lipinski definition) is 5. The van der Waals surface area contributed by atoms with Gasteiger partial charge in [0.15, 0.2) is 0 Å². The predicted molar refractivity (Wildman–Crippen MR) is 361 cm³/mol. The number of amides is 1. The molecule has 0 spiro atoms. The molecule has 0 heterocycles. The molecule has 0 bridgehead atoms. The zero-order valence-corrected chi connectivity index (χ0v) is 55.8. The molecule has 0 aliphatic rings. The Hall–Kier alpha value is -1.66. The molecular formula is C76H147NO5. The third-order valence-electron chi connectivity index (χ3n) is 17.7. The van der Waals surface area contributed by atoms with Crippen molar-refractivity contribution in [3.05, 3.63) is 24.3 Å².